The summed E-state index contributed by atoms with van der Waals surface area (Å²) in [4.78, 5) is 0. The summed E-state index contributed by atoms with van der Waals surface area (Å²) in [5.74, 6) is 0. The normalized spacial score (nSPS) is 17.8. The summed E-state index contributed by atoms with van der Waals surface area (Å²) in [6.45, 7) is 0. The predicted octanol–water partition coefficient (Wildman–Crippen LogP) is 8.70. The van der Waals surface area contributed by atoms with Crippen molar-refractivity contribution in [1.29, 1.82) is 0 Å². The number of benzene rings is 4. The molecular weight excluding hydrogens is 583 g/mol. The fourth-order valence-electron chi connectivity index (χ4n) is 4.31. The van der Waals surface area contributed by atoms with Gasteiger partial charge in [-0.25, -0.2) is 0 Å². The summed E-state index contributed by atoms with van der Waals surface area (Å²) in [7, 11) is -6.03. The van der Waals surface area contributed by atoms with E-state index in [9.17, 15) is 9.13 Å². The molecule has 2 heterocycles. The fourth-order valence-corrected chi connectivity index (χ4v) is 17.1. The van der Waals surface area contributed by atoms with Crippen molar-refractivity contribution in [3.63, 3.8) is 0 Å². The molecule has 2 aliphatic rings. The van der Waals surface area contributed by atoms with Crippen molar-refractivity contribution in [3.8, 4) is 0 Å². The second-order valence-electron chi connectivity index (χ2n) is 8.49. The molecule has 0 bridgehead atoms. The lowest BCUT2D eigenvalue weighted by atomic mass is 10.4. The van der Waals surface area contributed by atoms with Gasteiger partial charge in [0.25, 0.3) is 0 Å². The first-order valence-corrected chi connectivity index (χ1v) is 18.7. The van der Waals surface area contributed by atoms with E-state index in [1.807, 2.05) is 132 Å². The lowest BCUT2D eigenvalue weighted by Gasteiger charge is -2.20. The third-order valence-electron chi connectivity index (χ3n) is 6.19. The Morgan fingerprint density at radius 1 is 0.395 bits per heavy atom. The predicted molar refractivity (Wildman–Crippen MR) is 173 cm³/mol. The van der Waals surface area contributed by atoms with E-state index in [1.165, 1.54) is 0 Å². The van der Waals surface area contributed by atoms with Crippen LogP contribution in [0.2, 0.25) is 0 Å². The highest BCUT2D eigenvalue weighted by Gasteiger charge is 2.39. The maximum atomic E-state index is 14.8. The lowest BCUT2D eigenvalue weighted by molar-refractivity contribution is 0.591. The zero-order valence-electron chi connectivity index (χ0n) is 20.0. The van der Waals surface area contributed by atoms with Crippen molar-refractivity contribution < 1.29 is 9.13 Å². The van der Waals surface area contributed by atoms with Crippen molar-refractivity contribution >= 4 is 82.5 Å². The monoisotopic (exact) mass is 604 g/mol. The van der Waals surface area contributed by atoms with Gasteiger partial charge in [0.2, 0.25) is 0 Å². The van der Waals surface area contributed by atoms with Crippen LogP contribution in [0.3, 0.4) is 0 Å². The maximum absolute atomic E-state index is 14.8. The molecule has 38 heavy (non-hydrogen) atoms. The quantitative estimate of drug-likeness (QED) is 0.205. The molecular formula is C30H22O2P2S4. The smallest absolute Gasteiger partial charge is 0.177 e. The first-order chi connectivity index (χ1) is 18.6. The number of rotatable bonds is 6. The number of thioether (sulfide) groups is 4. The Morgan fingerprint density at radius 2 is 0.658 bits per heavy atom. The van der Waals surface area contributed by atoms with Crippen LogP contribution in [0.25, 0.3) is 0 Å². The van der Waals surface area contributed by atoms with E-state index in [-0.39, 0.29) is 0 Å². The van der Waals surface area contributed by atoms with E-state index in [1.54, 1.807) is 47.0 Å². The Balaban J connectivity index is 1.33. The van der Waals surface area contributed by atoms with Crippen LogP contribution < -0.4 is 21.2 Å². The Kier molecular flexibility index (Phi) is 7.73. The van der Waals surface area contributed by atoms with Crippen molar-refractivity contribution in [1.82, 2.24) is 0 Å². The van der Waals surface area contributed by atoms with Gasteiger partial charge in [0.05, 0.1) is 17.8 Å². The van der Waals surface area contributed by atoms with E-state index >= 15 is 0 Å². The van der Waals surface area contributed by atoms with Crippen molar-refractivity contribution in [2.45, 2.75) is 0 Å². The van der Waals surface area contributed by atoms with Crippen LogP contribution in [0.5, 0.6) is 0 Å². The largest absolute Gasteiger partial charge is 0.308 e. The zero-order chi connectivity index (χ0) is 26.0. The van der Waals surface area contributed by atoms with Crippen LogP contribution in [0, 0.1) is 0 Å². The molecule has 2 nitrogen and oxygen atoms in total. The lowest BCUT2D eigenvalue weighted by Crippen LogP contribution is -2.16. The molecule has 0 radical (unpaired) electrons. The molecule has 0 aromatic heterocycles. The Morgan fingerprint density at radius 3 is 0.921 bits per heavy atom. The minimum Gasteiger partial charge on any atom is -0.308 e. The highest BCUT2D eigenvalue weighted by molar-refractivity contribution is 8.37. The molecule has 4 aromatic carbocycles. The third-order valence-corrected chi connectivity index (χ3v) is 19.1. The molecule has 4 aromatic rings. The molecule has 0 saturated carbocycles. The van der Waals surface area contributed by atoms with E-state index in [0.717, 1.165) is 39.0 Å². The van der Waals surface area contributed by atoms with Gasteiger partial charge in [-0.2, -0.15) is 0 Å². The molecule has 0 saturated heterocycles. The second kappa shape index (κ2) is 11.2. The molecule has 0 amide bonds. The van der Waals surface area contributed by atoms with E-state index in [0.29, 0.717) is 0 Å². The minimum absolute atomic E-state index is 0.833. The van der Waals surface area contributed by atoms with Crippen LogP contribution >= 0.6 is 61.3 Å². The van der Waals surface area contributed by atoms with Gasteiger partial charge in [-0.15, -0.1) is 0 Å². The van der Waals surface area contributed by atoms with Crippen molar-refractivity contribution in [3.05, 3.63) is 150 Å². The van der Waals surface area contributed by atoms with Crippen molar-refractivity contribution in [2.24, 2.45) is 0 Å². The summed E-state index contributed by atoms with van der Waals surface area (Å²) >= 11 is 6.39. The van der Waals surface area contributed by atoms with Gasteiger partial charge in [0, 0.05) is 21.2 Å². The van der Waals surface area contributed by atoms with Crippen LogP contribution in [0.4, 0.5) is 0 Å². The van der Waals surface area contributed by atoms with Gasteiger partial charge in [-0.05, 0) is 10.8 Å². The van der Waals surface area contributed by atoms with Gasteiger partial charge < -0.3 is 9.13 Å². The van der Waals surface area contributed by atoms with Crippen LogP contribution in [-0.2, 0) is 9.13 Å². The molecule has 2 aliphatic heterocycles. The first kappa shape index (κ1) is 26.2. The molecule has 0 spiro atoms. The third kappa shape index (κ3) is 4.77. The molecule has 0 fully saturated rings. The summed E-state index contributed by atoms with van der Waals surface area (Å²) in [6, 6.07) is 39.0. The van der Waals surface area contributed by atoms with E-state index in [4.69, 9.17) is 0 Å². The van der Waals surface area contributed by atoms with Crippen LogP contribution in [-0.4, -0.2) is 0 Å². The molecule has 0 N–H and O–H groups in total. The first-order valence-electron chi connectivity index (χ1n) is 11.9. The van der Waals surface area contributed by atoms with Gasteiger partial charge in [-0.3, -0.25) is 0 Å². The highest BCUT2D eigenvalue weighted by atomic mass is 32.2. The molecule has 0 atom stereocenters. The van der Waals surface area contributed by atoms with Crippen molar-refractivity contribution in [2.75, 3.05) is 0 Å². The van der Waals surface area contributed by atoms with Gasteiger partial charge in [0.15, 0.2) is 14.3 Å². The summed E-state index contributed by atoms with van der Waals surface area (Å²) in [5, 5.41) is 7.42. The molecule has 0 aliphatic carbocycles. The Bertz CT molecular complexity index is 1440. The fraction of sp³-hybridized carbons (Fsp3) is 0. The molecule has 0 unspecified atom stereocenters. The Labute approximate surface area is 240 Å². The van der Waals surface area contributed by atoms with Crippen LogP contribution in [0.15, 0.2) is 150 Å². The SMILES string of the molecule is O=P(C1=CS/C(=C2/SC=C(P(=O)(c3ccccc3)c3ccccc3)S2)S1)(c1ccccc1)c1ccccc1. The number of hydrogen-bond donors (Lipinski definition) is 0. The van der Waals surface area contributed by atoms with E-state index < -0.39 is 14.3 Å². The minimum atomic E-state index is -3.01. The van der Waals surface area contributed by atoms with Gasteiger partial charge in [0.1, 0.15) is 0 Å². The van der Waals surface area contributed by atoms with Gasteiger partial charge in [-0.1, -0.05) is 168 Å². The number of hydrogen-bond acceptors (Lipinski definition) is 6. The highest BCUT2D eigenvalue weighted by Crippen LogP contribution is 2.69. The summed E-state index contributed by atoms with van der Waals surface area (Å²) < 4.78 is 33.5. The second-order valence-corrected chi connectivity index (χ2v) is 18.9. The van der Waals surface area contributed by atoms with E-state index in [2.05, 4.69) is 0 Å². The van der Waals surface area contributed by atoms with Gasteiger partial charge >= 0.3 is 0 Å². The maximum Gasteiger partial charge on any atom is 0.177 e. The topological polar surface area (TPSA) is 34.1 Å². The van der Waals surface area contributed by atoms with Crippen LogP contribution in [0.1, 0.15) is 0 Å². The standard InChI is InChI=1S/C30H22O2P2S4/c31-33(23-13-5-1-6-14-23,24-15-7-2-8-16-24)27-21-35-29(37-27)30-36-22-28(38-30)34(32,25-17-9-3-10-18-25)26-19-11-4-12-20-26/h1-22H/b30-29+. The summed E-state index contributed by atoms with van der Waals surface area (Å²) in [5.41, 5.74) is 0. The molecule has 6 rings (SSSR count). The molecule has 8 heteroatoms. The summed E-state index contributed by atoms with van der Waals surface area (Å²) in [6.07, 6.45) is 0. The average Bonchev–Trinajstić information content (AvgIpc) is 3.69. The zero-order valence-corrected chi connectivity index (χ0v) is 25.1. The average molecular weight is 605 g/mol. The molecule has 188 valence electrons. The Hall–Kier alpha value is -2.04.